The van der Waals surface area contributed by atoms with E-state index < -0.39 is 23.4 Å². The highest BCUT2D eigenvalue weighted by molar-refractivity contribution is 6.10. The molecule has 0 unspecified atom stereocenters. The number of aryl methyl sites for hydroxylation is 1. The van der Waals surface area contributed by atoms with E-state index in [9.17, 15) is 19.5 Å². The van der Waals surface area contributed by atoms with E-state index in [-0.39, 0.29) is 12.4 Å². The molecule has 9 nitrogen and oxygen atoms in total. The van der Waals surface area contributed by atoms with Crippen LogP contribution in [0, 0.1) is 24.2 Å². The van der Waals surface area contributed by atoms with Gasteiger partial charge >= 0.3 is 12.1 Å². The van der Waals surface area contributed by atoms with Crippen LogP contribution in [0.15, 0.2) is 59.1 Å². The first kappa shape index (κ1) is 22.6. The lowest BCUT2D eigenvalue weighted by Crippen LogP contribution is -2.31. The number of aliphatic carboxylic acids is 1. The molecule has 0 bridgehead atoms. The maximum Gasteiger partial charge on any atom is 0.412 e. The Labute approximate surface area is 195 Å². The van der Waals surface area contributed by atoms with Gasteiger partial charge in [-0.2, -0.15) is 0 Å². The normalized spacial score (nSPS) is 13.2. The van der Waals surface area contributed by atoms with Gasteiger partial charge in [0.2, 0.25) is 11.7 Å². The van der Waals surface area contributed by atoms with E-state index in [0.717, 1.165) is 5.56 Å². The first-order valence-electron chi connectivity index (χ1n) is 10.5. The van der Waals surface area contributed by atoms with E-state index in [0.29, 0.717) is 35.5 Å². The summed E-state index contributed by atoms with van der Waals surface area (Å²) in [6, 6.07) is 15.9. The van der Waals surface area contributed by atoms with Crippen LogP contribution in [0.1, 0.15) is 35.4 Å². The summed E-state index contributed by atoms with van der Waals surface area (Å²) in [5.41, 5.74) is 1.40. The van der Waals surface area contributed by atoms with Crippen molar-refractivity contribution in [1.29, 1.82) is 0 Å². The number of nitrogens with zero attached hydrogens (tertiary/aromatic N) is 1. The fourth-order valence-electron chi connectivity index (χ4n) is 3.14. The second-order valence-electron chi connectivity index (χ2n) is 7.83. The van der Waals surface area contributed by atoms with Gasteiger partial charge in [0.05, 0.1) is 0 Å². The molecule has 4 rings (SSSR count). The number of carboxylic acids is 1. The fourth-order valence-corrected chi connectivity index (χ4v) is 3.14. The lowest BCUT2D eigenvalue weighted by atomic mass is 10.1. The molecule has 34 heavy (non-hydrogen) atoms. The van der Waals surface area contributed by atoms with Crippen molar-refractivity contribution < 1.29 is 28.8 Å². The Kier molecular flexibility index (Phi) is 6.32. The summed E-state index contributed by atoms with van der Waals surface area (Å²) in [5.74, 6) is 4.27. The molecule has 1 aromatic heterocycles. The number of ether oxygens (including phenoxy) is 1. The van der Waals surface area contributed by atoms with Gasteiger partial charge in [0.15, 0.2) is 0 Å². The van der Waals surface area contributed by atoms with Crippen molar-refractivity contribution in [2.24, 2.45) is 5.41 Å². The quantitative estimate of drug-likeness (QED) is 0.376. The number of carbonyl (C=O) groups excluding carboxylic acids is 2. The monoisotopic (exact) mass is 459 g/mol. The summed E-state index contributed by atoms with van der Waals surface area (Å²) >= 11 is 0. The van der Waals surface area contributed by atoms with Crippen molar-refractivity contribution in [3.63, 3.8) is 0 Å². The number of hydrogen-bond acceptors (Lipinski definition) is 6. The molecule has 1 aliphatic rings. The average molecular weight is 459 g/mol. The Morgan fingerprint density at radius 2 is 1.76 bits per heavy atom. The number of carboxylic acid groups (broad SMARTS) is 1. The van der Waals surface area contributed by atoms with Crippen LogP contribution in [0.4, 0.5) is 16.2 Å². The topological polar surface area (TPSA) is 131 Å². The molecule has 0 atom stereocenters. The molecule has 172 valence electrons. The first-order chi connectivity index (χ1) is 16.4. The van der Waals surface area contributed by atoms with Crippen molar-refractivity contribution in [3.8, 4) is 11.8 Å². The lowest BCUT2D eigenvalue weighted by Gasteiger charge is -2.10. The first-order valence-corrected chi connectivity index (χ1v) is 10.5. The van der Waals surface area contributed by atoms with Crippen molar-refractivity contribution >= 4 is 29.3 Å². The summed E-state index contributed by atoms with van der Waals surface area (Å²) < 4.78 is 10.4. The molecule has 1 saturated carbocycles. The predicted molar refractivity (Wildman–Crippen MR) is 122 cm³/mol. The number of benzene rings is 2. The van der Waals surface area contributed by atoms with Gasteiger partial charge in [-0.3, -0.25) is 14.9 Å². The van der Waals surface area contributed by atoms with Crippen LogP contribution in [0.5, 0.6) is 0 Å². The van der Waals surface area contributed by atoms with Crippen LogP contribution >= 0.6 is 0 Å². The zero-order valence-electron chi connectivity index (χ0n) is 18.3. The average Bonchev–Trinajstić information content (AvgIpc) is 3.59. The molecule has 1 aliphatic carbocycles. The summed E-state index contributed by atoms with van der Waals surface area (Å²) in [5, 5.41) is 18.3. The van der Waals surface area contributed by atoms with E-state index in [1.54, 1.807) is 31.2 Å². The predicted octanol–water partition coefficient (Wildman–Crippen LogP) is 3.93. The van der Waals surface area contributed by atoms with E-state index >= 15 is 0 Å². The second kappa shape index (κ2) is 9.50. The number of hydrogen-bond donors (Lipinski definition) is 3. The third-order valence-electron chi connectivity index (χ3n) is 5.36. The van der Waals surface area contributed by atoms with E-state index in [1.165, 1.54) is 0 Å². The number of carbonyl (C=O) groups is 3. The van der Waals surface area contributed by atoms with Crippen LogP contribution in [0.25, 0.3) is 0 Å². The highest BCUT2D eigenvalue weighted by Crippen LogP contribution is 2.46. The summed E-state index contributed by atoms with van der Waals surface area (Å²) in [6.45, 7) is 1.79. The maximum absolute atomic E-state index is 12.2. The van der Waals surface area contributed by atoms with E-state index in [2.05, 4.69) is 27.6 Å². The van der Waals surface area contributed by atoms with Gasteiger partial charge in [-0.15, -0.1) is 0 Å². The van der Waals surface area contributed by atoms with Crippen LogP contribution in [0.3, 0.4) is 0 Å². The Bertz CT molecular complexity index is 1280. The highest BCUT2D eigenvalue weighted by atomic mass is 16.5. The van der Waals surface area contributed by atoms with Crippen molar-refractivity contribution in [1.82, 2.24) is 5.16 Å². The molecule has 2 aromatic carbocycles. The van der Waals surface area contributed by atoms with Crippen LogP contribution in [-0.4, -0.2) is 28.2 Å². The third kappa shape index (κ3) is 5.07. The van der Waals surface area contributed by atoms with Gasteiger partial charge in [-0.1, -0.05) is 41.4 Å². The molecule has 0 spiro atoms. The van der Waals surface area contributed by atoms with Gasteiger partial charge in [0.25, 0.3) is 0 Å². The van der Waals surface area contributed by atoms with Crippen molar-refractivity contribution in [2.45, 2.75) is 26.4 Å². The van der Waals surface area contributed by atoms with Crippen LogP contribution in [0.2, 0.25) is 0 Å². The minimum absolute atomic E-state index is 0.120. The molecular weight excluding hydrogens is 438 g/mol. The highest BCUT2D eigenvalue weighted by Gasteiger charge is 2.57. The largest absolute Gasteiger partial charge is 0.480 e. The van der Waals surface area contributed by atoms with Crippen molar-refractivity contribution in [2.75, 3.05) is 10.6 Å². The van der Waals surface area contributed by atoms with E-state index in [4.69, 9.17) is 9.26 Å². The zero-order valence-corrected chi connectivity index (χ0v) is 18.3. The summed E-state index contributed by atoms with van der Waals surface area (Å²) in [4.78, 5) is 35.6. The molecular formula is C25H21N3O6. The Balaban J connectivity index is 1.38. The van der Waals surface area contributed by atoms with Gasteiger partial charge in [-0.25, -0.2) is 4.79 Å². The Hall–Kier alpha value is -4.58. The van der Waals surface area contributed by atoms with Gasteiger partial charge in [0, 0.05) is 11.3 Å². The minimum Gasteiger partial charge on any atom is -0.480 e. The molecule has 1 heterocycles. The minimum atomic E-state index is -1.31. The number of anilines is 2. The van der Waals surface area contributed by atoms with Gasteiger partial charge in [0.1, 0.15) is 23.4 Å². The maximum atomic E-state index is 12.2. The lowest BCUT2D eigenvalue weighted by molar-refractivity contribution is -0.147. The molecule has 0 radical (unpaired) electrons. The molecule has 1 fully saturated rings. The molecule has 0 aliphatic heterocycles. The molecule has 0 saturated heterocycles. The van der Waals surface area contributed by atoms with Gasteiger partial charge < -0.3 is 19.7 Å². The Morgan fingerprint density at radius 3 is 2.41 bits per heavy atom. The number of aromatic nitrogens is 1. The Morgan fingerprint density at radius 1 is 1.06 bits per heavy atom. The second-order valence-corrected chi connectivity index (χ2v) is 7.83. The molecule has 3 aromatic rings. The van der Waals surface area contributed by atoms with Gasteiger partial charge in [-0.05, 0) is 55.5 Å². The van der Waals surface area contributed by atoms with Crippen LogP contribution in [-0.2, 0) is 20.9 Å². The zero-order chi connectivity index (χ0) is 24.1. The fraction of sp³-hybridized carbons (Fsp3) is 0.200. The van der Waals surface area contributed by atoms with Crippen molar-refractivity contribution in [3.05, 3.63) is 77.2 Å². The SMILES string of the molecule is Cc1noc(C#Cc2ccc(NC(=O)C3(C(=O)O)CC3)cc2)c1NC(=O)OCc1ccccc1. The number of rotatable bonds is 6. The summed E-state index contributed by atoms with van der Waals surface area (Å²) in [7, 11) is 0. The number of nitrogens with one attached hydrogen (secondary N) is 2. The smallest absolute Gasteiger partial charge is 0.412 e. The molecule has 2 amide bonds. The standard InChI is InChI=1S/C25H21N3O6/c1-16-21(27-24(32)33-15-18-5-3-2-4-6-18)20(34-28-16)12-9-17-7-10-19(11-8-17)26-22(29)25(13-14-25)23(30)31/h2-8,10-11H,13-15H2,1H3,(H,26,29)(H,27,32)(H,30,31). The molecule has 3 N–H and O–H groups in total. The summed E-state index contributed by atoms with van der Waals surface area (Å²) in [6.07, 6.45) is 0.0164. The third-order valence-corrected chi connectivity index (χ3v) is 5.36. The van der Waals surface area contributed by atoms with Crippen LogP contribution < -0.4 is 10.6 Å². The number of amides is 2. The molecule has 9 heteroatoms. The van der Waals surface area contributed by atoms with E-state index in [1.807, 2.05) is 30.3 Å².